The van der Waals surface area contributed by atoms with Crippen molar-refractivity contribution in [1.82, 2.24) is 5.32 Å². The predicted octanol–water partition coefficient (Wildman–Crippen LogP) is 4.17. The van der Waals surface area contributed by atoms with Crippen LogP contribution < -0.4 is 15.4 Å². The number of ether oxygens (including phenoxy) is 1. The molecule has 5 heteroatoms. The van der Waals surface area contributed by atoms with E-state index in [4.69, 9.17) is 4.74 Å². The van der Waals surface area contributed by atoms with Gasteiger partial charge in [0.25, 0.3) is 0 Å². The molecule has 2 amide bonds. The molecule has 0 heterocycles. The van der Waals surface area contributed by atoms with Gasteiger partial charge in [-0.15, -0.1) is 0 Å². The molecule has 0 aliphatic carbocycles. The second-order valence-electron chi connectivity index (χ2n) is 7.33. The van der Waals surface area contributed by atoms with Crippen molar-refractivity contribution in [3.05, 3.63) is 72.3 Å². The molecule has 0 aromatic heterocycles. The summed E-state index contributed by atoms with van der Waals surface area (Å²) in [4.78, 5) is 25.5. The van der Waals surface area contributed by atoms with Crippen LogP contribution >= 0.6 is 0 Å². The summed E-state index contributed by atoms with van der Waals surface area (Å²) in [5.74, 6) is 0.168. The fraction of sp³-hybridized carbons (Fsp3) is 0.250. The summed E-state index contributed by atoms with van der Waals surface area (Å²) in [6.07, 6.45) is 0.219. The van der Waals surface area contributed by atoms with Gasteiger partial charge in [-0.2, -0.15) is 0 Å². The van der Waals surface area contributed by atoms with Gasteiger partial charge in [0.15, 0.2) is 0 Å². The van der Waals surface area contributed by atoms with E-state index in [0.717, 1.165) is 16.3 Å². The lowest BCUT2D eigenvalue weighted by Gasteiger charge is -2.22. The summed E-state index contributed by atoms with van der Waals surface area (Å²) in [6.45, 7) is 3.82. The van der Waals surface area contributed by atoms with Crippen molar-refractivity contribution in [3.63, 3.8) is 0 Å². The molecule has 0 fully saturated rings. The van der Waals surface area contributed by atoms with Gasteiger partial charge in [-0.1, -0.05) is 62.4 Å². The third-order valence-electron chi connectivity index (χ3n) is 4.83. The third-order valence-corrected chi connectivity index (χ3v) is 4.83. The number of carbonyl (C=O) groups is 2. The number of anilines is 1. The Balaban J connectivity index is 1.70. The molecule has 0 unspecified atom stereocenters. The summed E-state index contributed by atoms with van der Waals surface area (Å²) < 4.78 is 5.19. The lowest BCUT2D eigenvalue weighted by Crippen LogP contribution is -2.47. The van der Waals surface area contributed by atoms with E-state index in [2.05, 4.69) is 10.6 Å². The SMILES string of the molecule is COc1cccc(NC(=O)[C@H](NC(=O)Cc2cccc3ccccc23)C(C)C)c1. The Morgan fingerprint density at radius 1 is 0.966 bits per heavy atom. The molecule has 150 valence electrons. The number of hydrogen-bond donors (Lipinski definition) is 2. The molecule has 3 rings (SSSR count). The maximum Gasteiger partial charge on any atom is 0.247 e. The second-order valence-corrected chi connectivity index (χ2v) is 7.33. The zero-order chi connectivity index (χ0) is 20.8. The first kappa shape index (κ1) is 20.4. The smallest absolute Gasteiger partial charge is 0.247 e. The normalized spacial score (nSPS) is 11.9. The fourth-order valence-electron chi connectivity index (χ4n) is 3.30. The van der Waals surface area contributed by atoms with E-state index in [9.17, 15) is 9.59 Å². The van der Waals surface area contributed by atoms with Gasteiger partial charge >= 0.3 is 0 Å². The van der Waals surface area contributed by atoms with Gasteiger partial charge in [-0.25, -0.2) is 0 Å². The Hall–Kier alpha value is -3.34. The first-order valence-electron chi connectivity index (χ1n) is 9.69. The zero-order valence-electron chi connectivity index (χ0n) is 16.9. The maximum absolute atomic E-state index is 12.8. The monoisotopic (exact) mass is 390 g/mol. The molecule has 0 aliphatic heterocycles. The predicted molar refractivity (Wildman–Crippen MR) is 116 cm³/mol. The first-order valence-corrected chi connectivity index (χ1v) is 9.69. The molecule has 0 bridgehead atoms. The second kappa shape index (κ2) is 9.24. The van der Waals surface area contributed by atoms with Crippen molar-refractivity contribution in [2.24, 2.45) is 5.92 Å². The van der Waals surface area contributed by atoms with Crippen LogP contribution in [0.3, 0.4) is 0 Å². The average molecular weight is 390 g/mol. The van der Waals surface area contributed by atoms with Gasteiger partial charge < -0.3 is 15.4 Å². The zero-order valence-corrected chi connectivity index (χ0v) is 16.9. The van der Waals surface area contributed by atoms with Gasteiger partial charge in [0.2, 0.25) is 11.8 Å². The number of carbonyl (C=O) groups excluding carboxylic acids is 2. The molecule has 5 nitrogen and oxygen atoms in total. The number of fused-ring (bicyclic) bond motifs is 1. The van der Waals surface area contributed by atoms with Crippen LogP contribution in [0.4, 0.5) is 5.69 Å². The Labute approximate surface area is 171 Å². The summed E-state index contributed by atoms with van der Waals surface area (Å²) >= 11 is 0. The maximum atomic E-state index is 12.8. The number of rotatable bonds is 7. The van der Waals surface area contributed by atoms with Crippen LogP contribution in [0.25, 0.3) is 10.8 Å². The summed E-state index contributed by atoms with van der Waals surface area (Å²) in [6, 6.07) is 20.4. The van der Waals surface area contributed by atoms with E-state index in [1.807, 2.05) is 62.4 Å². The van der Waals surface area contributed by atoms with Gasteiger partial charge in [0.1, 0.15) is 11.8 Å². The number of hydrogen-bond acceptors (Lipinski definition) is 3. The van der Waals surface area contributed by atoms with Crippen LogP contribution in [0.2, 0.25) is 0 Å². The molecule has 0 spiro atoms. The molecule has 0 aliphatic rings. The van der Waals surface area contributed by atoms with Crippen LogP contribution in [0.15, 0.2) is 66.7 Å². The standard InChI is InChI=1S/C24H26N2O3/c1-16(2)23(24(28)25-19-11-7-12-20(15-19)29-3)26-22(27)14-18-10-6-9-17-8-4-5-13-21(17)18/h4-13,15-16,23H,14H2,1-3H3,(H,25,28)(H,26,27)/t23-/m1/s1. The minimum atomic E-state index is -0.635. The molecule has 0 saturated heterocycles. The topological polar surface area (TPSA) is 67.4 Å². The van der Waals surface area contributed by atoms with Gasteiger partial charge in [-0.3, -0.25) is 9.59 Å². The summed E-state index contributed by atoms with van der Waals surface area (Å²) in [5.41, 5.74) is 1.57. The van der Waals surface area contributed by atoms with Crippen LogP contribution in [0.5, 0.6) is 5.75 Å². The van der Waals surface area contributed by atoms with Gasteiger partial charge in [0, 0.05) is 11.8 Å². The minimum absolute atomic E-state index is 0.0583. The Morgan fingerprint density at radius 2 is 1.69 bits per heavy atom. The van der Waals surface area contributed by atoms with E-state index in [-0.39, 0.29) is 24.2 Å². The largest absolute Gasteiger partial charge is 0.497 e. The minimum Gasteiger partial charge on any atom is -0.497 e. The van der Waals surface area contributed by atoms with Crippen molar-refractivity contribution in [1.29, 1.82) is 0 Å². The lowest BCUT2D eigenvalue weighted by molar-refractivity contribution is -0.127. The van der Waals surface area contributed by atoms with Crippen molar-refractivity contribution < 1.29 is 14.3 Å². The van der Waals surface area contributed by atoms with Crippen LogP contribution in [0.1, 0.15) is 19.4 Å². The quantitative estimate of drug-likeness (QED) is 0.636. The highest BCUT2D eigenvalue weighted by atomic mass is 16.5. The van der Waals surface area contributed by atoms with Gasteiger partial charge in [-0.05, 0) is 34.4 Å². The van der Waals surface area contributed by atoms with Crippen LogP contribution in [0, 0.1) is 5.92 Å². The molecule has 3 aromatic rings. The molecular weight excluding hydrogens is 364 g/mol. The van der Waals surface area contributed by atoms with Crippen LogP contribution in [-0.2, 0) is 16.0 Å². The Morgan fingerprint density at radius 3 is 2.45 bits per heavy atom. The molecule has 29 heavy (non-hydrogen) atoms. The lowest BCUT2D eigenvalue weighted by atomic mass is 10.00. The highest BCUT2D eigenvalue weighted by molar-refractivity contribution is 5.98. The van der Waals surface area contributed by atoms with Crippen molar-refractivity contribution in [2.45, 2.75) is 26.3 Å². The molecular formula is C24H26N2O3. The highest BCUT2D eigenvalue weighted by Gasteiger charge is 2.24. The number of nitrogens with one attached hydrogen (secondary N) is 2. The van der Waals surface area contributed by atoms with Gasteiger partial charge in [0.05, 0.1) is 13.5 Å². The van der Waals surface area contributed by atoms with E-state index < -0.39 is 6.04 Å². The molecule has 0 radical (unpaired) electrons. The van der Waals surface area contributed by atoms with E-state index in [0.29, 0.717) is 11.4 Å². The number of methoxy groups -OCH3 is 1. The average Bonchev–Trinajstić information content (AvgIpc) is 2.72. The fourth-order valence-corrected chi connectivity index (χ4v) is 3.30. The molecule has 0 saturated carbocycles. The summed E-state index contributed by atoms with van der Waals surface area (Å²) in [7, 11) is 1.57. The Bertz CT molecular complexity index is 1010. The van der Waals surface area contributed by atoms with E-state index >= 15 is 0 Å². The summed E-state index contributed by atoms with van der Waals surface area (Å²) in [5, 5.41) is 7.90. The molecule has 2 N–H and O–H groups in total. The number of benzene rings is 3. The van der Waals surface area contributed by atoms with Crippen molar-refractivity contribution in [2.75, 3.05) is 12.4 Å². The highest BCUT2D eigenvalue weighted by Crippen LogP contribution is 2.20. The van der Waals surface area contributed by atoms with E-state index in [1.54, 1.807) is 25.3 Å². The van der Waals surface area contributed by atoms with E-state index in [1.165, 1.54) is 0 Å². The number of amides is 2. The molecule has 3 aromatic carbocycles. The third kappa shape index (κ3) is 5.13. The van der Waals surface area contributed by atoms with Crippen molar-refractivity contribution in [3.8, 4) is 5.75 Å². The van der Waals surface area contributed by atoms with Crippen molar-refractivity contribution >= 4 is 28.3 Å². The first-order chi connectivity index (χ1) is 14.0. The van der Waals surface area contributed by atoms with Crippen LogP contribution in [-0.4, -0.2) is 25.0 Å². The molecule has 1 atom stereocenters. The Kier molecular flexibility index (Phi) is 6.50.